The van der Waals surface area contributed by atoms with Crippen LogP contribution in [0.4, 0.5) is 19.0 Å². The molecule has 0 bridgehead atoms. The number of nitrogens with zero attached hydrogens (tertiary/aromatic N) is 6. The molecular formula is C24H30F3N7O. The molecule has 1 unspecified atom stereocenters. The zero-order chi connectivity index (χ0) is 25.2. The third kappa shape index (κ3) is 5.08. The summed E-state index contributed by atoms with van der Waals surface area (Å²) in [5.74, 6) is 1.28. The average Bonchev–Trinajstić information content (AvgIpc) is 3.46. The third-order valence-electron chi connectivity index (χ3n) is 6.48. The van der Waals surface area contributed by atoms with Gasteiger partial charge in [0, 0.05) is 43.4 Å². The molecule has 1 aliphatic rings. The molecule has 0 aromatic carbocycles. The molecule has 8 nitrogen and oxygen atoms in total. The van der Waals surface area contributed by atoms with Crippen LogP contribution in [0, 0.1) is 5.92 Å². The van der Waals surface area contributed by atoms with E-state index < -0.39 is 11.9 Å². The van der Waals surface area contributed by atoms with Gasteiger partial charge in [0.1, 0.15) is 17.8 Å². The predicted molar refractivity (Wildman–Crippen MR) is 127 cm³/mol. The summed E-state index contributed by atoms with van der Waals surface area (Å²) in [5.41, 5.74) is 0.626. The van der Waals surface area contributed by atoms with Gasteiger partial charge in [-0.05, 0) is 38.3 Å². The number of pyridine rings is 1. The molecule has 4 rings (SSSR count). The molecule has 1 saturated heterocycles. The number of carbonyl (C=O) groups excluding carboxylic acids is 1. The molecule has 1 amide bonds. The monoisotopic (exact) mass is 489 g/mol. The Hall–Kier alpha value is -3.24. The van der Waals surface area contributed by atoms with Gasteiger partial charge >= 0.3 is 6.18 Å². The van der Waals surface area contributed by atoms with Crippen molar-refractivity contribution in [1.29, 1.82) is 0 Å². The first kappa shape index (κ1) is 24.9. The number of aryl methyl sites for hydroxylation is 1. The Morgan fingerprint density at radius 1 is 1.20 bits per heavy atom. The number of fused-ring (bicyclic) bond motifs is 1. The Kier molecular flexibility index (Phi) is 7.23. The van der Waals surface area contributed by atoms with Gasteiger partial charge in [-0.3, -0.25) is 9.78 Å². The normalized spacial score (nSPS) is 17.2. The van der Waals surface area contributed by atoms with Crippen molar-refractivity contribution in [2.75, 3.05) is 18.4 Å². The molecule has 0 saturated carbocycles. The van der Waals surface area contributed by atoms with Crippen molar-refractivity contribution in [2.45, 2.75) is 65.2 Å². The molecule has 0 radical (unpaired) electrons. The van der Waals surface area contributed by atoms with Crippen LogP contribution in [-0.4, -0.2) is 54.4 Å². The lowest BCUT2D eigenvalue weighted by Gasteiger charge is -2.22. The number of amides is 1. The van der Waals surface area contributed by atoms with Crippen molar-refractivity contribution >= 4 is 22.9 Å². The topological polar surface area (TPSA) is 88.8 Å². The van der Waals surface area contributed by atoms with Crippen LogP contribution in [-0.2, 0) is 17.5 Å². The summed E-state index contributed by atoms with van der Waals surface area (Å²) >= 11 is 0. The Bertz CT molecular complexity index is 1180. The highest BCUT2D eigenvalue weighted by Gasteiger charge is 2.33. The fraction of sp³-hybridized carbons (Fsp3) is 0.542. The third-order valence-corrected chi connectivity index (χ3v) is 6.48. The summed E-state index contributed by atoms with van der Waals surface area (Å²) in [7, 11) is 0. The zero-order valence-corrected chi connectivity index (χ0v) is 20.1. The number of carbonyl (C=O) groups is 1. The minimum Gasteiger partial charge on any atom is -0.364 e. The molecule has 1 fully saturated rings. The summed E-state index contributed by atoms with van der Waals surface area (Å²) in [5, 5.41) is 3.42. The van der Waals surface area contributed by atoms with E-state index in [0.29, 0.717) is 48.0 Å². The second kappa shape index (κ2) is 10.2. The maximum absolute atomic E-state index is 12.9. The first-order chi connectivity index (χ1) is 16.8. The lowest BCUT2D eigenvalue weighted by Crippen LogP contribution is -2.36. The Morgan fingerprint density at radius 2 is 2.00 bits per heavy atom. The van der Waals surface area contributed by atoms with Crippen LogP contribution in [0.1, 0.15) is 52.1 Å². The van der Waals surface area contributed by atoms with E-state index >= 15 is 0 Å². The number of hydrogen-bond donors (Lipinski definition) is 1. The van der Waals surface area contributed by atoms with Crippen molar-refractivity contribution in [3.8, 4) is 11.4 Å². The van der Waals surface area contributed by atoms with Gasteiger partial charge in [0.05, 0.1) is 0 Å². The highest BCUT2D eigenvalue weighted by molar-refractivity contribution is 5.86. The van der Waals surface area contributed by atoms with E-state index in [4.69, 9.17) is 0 Å². The molecule has 11 heteroatoms. The second-order valence-corrected chi connectivity index (χ2v) is 8.81. The van der Waals surface area contributed by atoms with Gasteiger partial charge in [-0.2, -0.15) is 13.2 Å². The standard InChI is InChI=1S/C24H30F3N7O/c1-4-7-15(5-2)23(35)33-11-10-17(13-33)31-20-19-22(30-14-29-20)34(6-3)21(32-19)16-8-9-18(28-12-16)24(25,26)27/h8-9,12,14-15,17H,4-7,10-11,13H2,1-3H3,(H,29,30,31)/t15?,17-/m0/s1. The van der Waals surface area contributed by atoms with E-state index in [-0.39, 0.29) is 17.9 Å². The van der Waals surface area contributed by atoms with Crippen LogP contribution in [0.15, 0.2) is 24.7 Å². The molecule has 3 aromatic rings. The summed E-state index contributed by atoms with van der Waals surface area (Å²) in [6.07, 6.45) is 1.63. The van der Waals surface area contributed by atoms with E-state index in [1.807, 2.05) is 16.4 Å². The molecule has 0 aliphatic carbocycles. The molecule has 1 N–H and O–H groups in total. The minimum absolute atomic E-state index is 0.0270. The number of halogens is 3. The molecule has 188 valence electrons. The molecule has 1 aliphatic heterocycles. The zero-order valence-electron chi connectivity index (χ0n) is 20.1. The molecule has 4 heterocycles. The number of rotatable bonds is 8. The second-order valence-electron chi connectivity index (χ2n) is 8.81. The summed E-state index contributed by atoms with van der Waals surface area (Å²) in [6.45, 7) is 7.86. The van der Waals surface area contributed by atoms with E-state index in [0.717, 1.165) is 31.7 Å². The average molecular weight is 490 g/mol. The summed E-state index contributed by atoms with van der Waals surface area (Å²) < 4.78 is 40.6. The van der Waals surface area contributed by atoms with Crippen LogP contribution in [0.3, 0.4) is 0 Å². The number of likely N-dealkylation sites (tertiary alicyclic amines) is 1. The largest absolute Gasteiger partial charge is 0.433 e. The number of aromatic nitrogens is 5. The number of nitrogens with one attached hydrogen (secondary N) is 1. The van der Waals surface area contributed by atoms with E-state index in [9.17, 15) is 18.0 Å². The van der Waals surface area contributed by atoms with Crippen molar-refractivity contribution < 1.29 is 18.0 Å². The van der Waals surface area contributed by atoms with Crippen LogP contribution in [0.5, 0.6) is 0 Å². The van der Waals surface area contributed by atoms with Crippen LogP contribution in [0.2, 0.25) is 0 Å². The van der Waals surface area contributed by atoms with Gasteiger partial charge in [-0.25, -0.2) is 15.0 Å². The Labute approximate surface area is 202 Å². The number of alkyl halides is 3. The van der Waals surface area contributed by atoms with Gasteiger partial charge < -0.3 is 14.8 Å². The van der Waals surface area contributed by atoms with Crippen molar-refractivity contribution in [1.82, 2.24) is 29.4 Å². The SMILES string of the molecule is CCCC(CC)C(=O)N1CC[C@H](Nc2ncnc3c2nc(-c2ccc(C(F)(F)F)nc2)n3CC)C1. The van der Waals surface area contributed by atoms with Gasteiger partial charge in [-0.1, -0.05) is 20.3 Å². The number of anilines is 1. The van der Waals surface area contributed by atoms with Gasteiger partial charge in [0.2, 0.25) is 5.91 Å². The Balaban J connectivity index is 1.58. The number of imidazole rings is 1. The van der Waals surface area contributed by atoms with Crippen LogP contribution >= 0.6 is 0 Å². The molecule has 35 heavy (non-hydrogen) atoms. The summed E-state index contributed by atoms with van der Waals surface area (Å²) in [6, 6.07) is 2.34. The molecule has 0 spiro atoms. The van der Waals surface area contributed by atoms with Crippen molar-refractivity contribution in [3.63, 3.8) is 0 Å². The van der Waals surface area contributed by atoms with E-state index in [1.165, 1.54) is 18.6 Å². The first-order valence-electron chi connectivity index (χ1n) is 12.1. The predicted octanol–water partition coefficient (Wildman–Crippen LogP) is 4.77. The van der Waals surface area contributed by atoms with E-state index in [1.54, 1.807) is 0 Å². The highest BCUT2D eigenvalue weighted by Crippen LogP contribution is 2.31. The fourth-order valence-corrected chi connectivity index (χ4v) is 4.64. The van der Waals surface area contributed by atoms with E-state index in [2.05, 4.69) is 39.1 Å². The highest BCUT2D eigenvalue weighted by atomic mass is 19.4. The number of hydrogen-bond acceptors (Lipinski definition) is 6. The molecule has 2 atom stereocenters. The van der Waals surface area contributed by atoms with Gasteiger partial charge in [0.15, 0.2) is 17.0 Å². The first-order valence-corrected chi connectivity index (χ1v) is 12.1. The van der Waals surface area contributed by atoms with Gasteiger partial charge in [-0.15, -0.1) is 0 Å². The van der Waals surface area contributed by atoms with Crippen LogP contribution in [0.25, 0.3) is 22.6 Å². The lowest BCUT2D eigenvalue weighted by molar-refractivity contribution is -0.141. The quantitative estimate of drug-likeness (QED) is 0.491. The molecular weight excluding hydrogens is 459 g/mol. The lowest BCUT2D eigenvalue weighted by atomic mass is 9.99. The Morgan fingerprint density at radius 3 is 2.63 bits per heavy atom. The maximum Gasteiger partial charge on any atom is 0.433 e. The maximum atomic E-state index is 12.9. The fourth-order valence-electron chi connectivity index (χ4n) is 4.64. The summed E-state index contributed by atoms with van der Waals surface area (Å²) in [4.78, 5) is 31.8. The van der Waals surface area contributed by atoms with Crippen molar-refractivity contribution in [3.05, 3.63) is 30.4 Å². The van der Waals surface area contributed by atoms with Gasteiger partial charge in [0.25, 0.3) is 0 Å². The molecule has 3 aromatic heterocycles. The smallest absolute Gasteiger partial charge is 0.364 e. The van der Waals surface area contributed by atoms with Crippen LogP contribution < -0.4 is 5.32 Å². The minimum atomic E-state index is -4.50. The van der Waals surface area contributed by atoms with Crippen molar-refractivity contribution in [2.24, 2.45) is 5.92 Å².